The van der Waals surface area contributed by atoms with Crippen LogP contribution in [0, 0.1) is 12.7 Å². The fraction of sp³-hybridized carbons (Fsp3) is 0.265. The molecule has 0 amide bonds. The zero-order valence-electron chi connectivity index (χ0n) is 32.4. The SMILES string of the molecule is Cc1ccc(C(C)C)cc1-c1cc(C(C)C)cc2c1Nc1cc(-c3ccc(F)cc3)cc3c1B2c1cc(C(C)C)cc2c4cc(C(C)C)ccc4n-3c12. The first-order valence-electron chi connectivity index (χ1n) is 19.5. The largest absolute Gasteiger partial charge is 0.356 e. The molecule has 1 aromatic heterocycles. The van der Waals surface area contributed by atoms with Crippen molar-refractivity contribution in [3.8, 4) is 27.9 Å². The Kier molecular flexibility index (Phi) is 7.79. The second-order valence-corrected chi connectivity index (χ2v) is 16.9. The van der Waals surface area contributed by atoms with Crippen LogP contribution in [-0.4, -0.2) is 11.3 Å². The predicted molar refractivity (Wildman–Crippen MR) is 227 cm³/mol. The van der Waals surface area contributed by atoms with E-state index in [-0.39, 0.29) is 12.5 Å². The molecule has 9 rings (SSSR count). The Morgan fingerprint density at radius 3 is 1.87 bits per heavy atom. The number of halogens is 1. The van der Waals surface area contributed by atoms with Gasteiger partial charge >= 0.3 is 0 Å². The van der Waals surface area contributed by atoms with Crippen LogP contribution in [0.2, 0.25) is 0 Å². The normalized spacial score (nSPS) is 13.1. The lowest BCUT2D eigenvalue weighted by molar-refractivity contribution is 0.628. The molecule has 0 radical (unpaired) electrons. The molecule has 0 fully saturated rings. The minimum absolute atomic E-state index is 0.0344. The lowest BCUT2D eigenvalue weighted by atomic mass is 9.33. The number of hydrogen-bond acceptors (Lipinski definition) is 1. The molecule has 3 heterocycles. The third-order valence-electron chi connectivity index (χ3n) is 12.1. The monoisotopic (exact) mass is 694 g/mol. The molecule has 2 aliphatic heterocycles. The summed E-state index contributed by atoms with van der Waals surface area (Å²) in [5.74, 6) is 1.37. The van der Waals surface area contributed by atoms with Gasteiger partial charge in [0.15, 0.2) is 0 Å². The van der Waals surface area contributed by atoms with Crippen molar-refractivity contribution in [1.82, 2.24) is 4.57 Å². The van der Waals surface area contributed by atoms with Crippen molar-refractivity contribution >= 4 is 56.3 Å². The first-order valence-corrected chi connectivity index (χ1v) is 19.5. The van der Waals surface area contributed by atoms with Gasteiger partial charge in [-0.15, -0.1) is 0 Å². The highest BCUT2D eigenvalue weighted by Gasteiger charge is 2.41. The van der Waals surface area contributed by atoms with E-state index in [1.165, 1.54) is 88.5 Å². The van der Waals surface area contributed by atoms with Gasteiger partial charge in [-0.3, -0.25) is 0 Å². The molecule has 2 aliphatic rings. The van der Waals surface area contributed by atoms with Crippen LogP contribution in [0.1, 0.15) is 107 Å². The van der Waals surface area contributed by atoms with E-state index >= 15 is 0 Å². The van der Waals surface area contributed by atoms with Crippen molar-refractivity contribution < 1.29 is 4.39 Å². The summed E-state index contributed by atoms with van der Waals surface area (Å²) in [7, 11) is 0. The molecule has 0 aliphatic carbocycles. The van der Waals surface area contributed by atoms with E-state index in [4.69, 9.17) is 0 Å². The Balaban J connectivity index is 1.44. The first-order chi connectivity index (χ1) is 25.4. The van der Waals surface area contributed by atoms with E-state index in [1.807, 2.05) is 12.1 Å². The quantitative estimate of drug-likeness (QED) is 0.172. The second-order valence-electron chi connectivity index (χ2n) is 16.9. The Labute approximate surface area is 314 Å². The summed E-state index contributed by atoms with van der Waals surface area (Å²) in [4.78, 5) is 0. The van der Waals surface area contributed by atoms with Gasteiger partial charge in [-0.1, -0.05) is 104 Å². The van der Waals surface area contributed by atoms with Crippen LogP contribution in [0.15, 0.2) is 97.1 Å². The molecule has 0 bridgehead atoms. The maximum absolute atomic E-state index is 14.3. The van der Waals surface area contributed by atoms with Gasteiger partial charge in [0.2, 0.25) is 0 Å². The van der Waals surface area contributed by atoms with E-state index in [1.54, 1.807) is 12.1 Å². The number of aromatic nitrogens is 1. The van der Waals surface area contributed by atoms with E-state index in [9.17, 15) is 4.39 Å². The zero-order valence-corrected chi connectivity index (χ0v) is 32.4. The van der Waals surface area contributed by atoms with Crippen molar-refractivity contribution in [3.63, 3.8) is 0 Å². The van der Waals surface area contributed by atoms with E-state index < -0.39 is 0 Å². The van der Waals surface area contributed by atoms with Crippen LogP contribution < -0.4 is 21.7 Å². The number of nitrogens with zero attached hydrogens (tertiary/aromatic N) is 1. The molecule has 7 aromatic rings. The Hall–Kier alpha value is -5.09. The van der Waals surface area contributed by atoms with Gasteiger partial charge in [-0.25, -0.2) is 4.39 Å². The van der Waals surface area contributed by atoms with Crippen molar-refractivity contribution in [2.45, 2.75) is 86.0 Å². The minimum Gasteiger partial charge on any atom is -0.356 e. The van der Waals surface area contributed by atoms with E-state index in [0.717, 1.165) is 16.8 Å². The molecule has 264 valence electrons. The maximum atomic E-state index is 14.3. The summed E-state index contributed by atoms with van der Waals surface area (Å²) >= 11 is 0. The lowest BCUT2D eigenvalue weighted by Gasteiger charge is -2.37. The summed E-state index contributed by atoms with van der Waals surface area (Å²) in [5, 5.41) is 6.72. The second kappa shape index (κ2) is 12.2. The summed E-state index contributed by atoms with van der Waals surface area (Å²) < 4.78 is 16.8. The molecular formula is C49H48BFN2. The standard InChI is InChI=1S/C49H48BFN2/c1-26(2)32-11-10-30(9)38(18-32)40-20-34(28(5)6)22-42-48(40)52-44-24-36(31-12-15-37(51)16-13-31)25-46-47(44)50(42)43-23-35(29(7)8)21-41-39-19-33(27(3)4)14-17-45(39)53(46)49(41)43/h10-29,52H,1-9H3. The summed E-state index contributed by atoms with van der Waals surface area (Å²) in [6.45, 7) is 20.7. The lowest BCUT2D eigenvalue weighted by Crippen LogP contribution is -2.59. The van der Waals surface area contributed by atoms with Crippen molar-refractivity contribution in [3.05, 3.63) is 131 Å². The molecule has 4 heteroatoms. The molecule has 0 saturated carbocycles. The van der Waals surface area contributed by atoms with Gasteiger partial charge in [-0.2, -0.15) is 0 Å². The topological polar surface area (TPSA) is 17.0 Å². The van der Waals surface area contributed by atoms with Gasteiger partial charge in [0, 0.05) is 38.9 Å². The zero-order chi connectivity index (χ0) is 37.0. The molecule has 0 unspecified atom stereocenters. The molecular weight excluding hydrogens is 646 g/mol. The van der Waals surface area contributed by atoms with Crippen LogP contribution >= 0.6 is 0 Å². The highest BCUT2D eigenvalue weighted by molar-refractivity contribution is 7.00. The van der Waals surface area contributed by atoms with Crippen molar-refractivity contribution in [1.29, 1.82) is 0 Å². The predicted octanol–water partition coefficient (Wildman–Crippen LogP) is 11.9. The number of fused-ring (bicyclic) bond motifs is 7. The van der Waals surface area contributed by atoms with Gasteiger partial charge in [-0.05, 0) is 140 Å². The molecule has 0 atom stereocenters. The molecule has 0 spiro atoms. The van der Waals surface area contributed by atoms with Crippen LogP contribution in [0.25, 0.3) is 49.7 Å². The molecule has 1 N–H and O–H groups in total. The smallest absolute Gasteiger partial charge is 0.252 e. The van der Waals surface area contributed by atoms with Gasteiger partial charge < -0.3 is 9.88 Å². The number of hydrogen-bond donors (Lipinski definition) is 1. The van der Waals surface area contributed by atoms with Gasteiger partial charge in [0.05, 0.1) is 5.52 Å². The number of rotatable bonds is 6. The molecule has 6 aromatic carbocycles. The fourth-order valence-electron chi connectivity index (χ4n) is 8.92. The third-order valence-corrected chi connectivity index (χ3v) is 12.1. The molecule has 53 heavy (non-hydrogen) atoms. The summed E-state index contributed by atoms with van der Waals surface area (Å²) in [5.41, 5.74) is 21.4. The third kappa shape index (κ3) is 5.20. The summed E-state index contributed by atoms with van der Waals surface area (Å²) in [6, 6.07) is 35.6. The molecule has 2 nitrogen and oxygen atoms in total. The highest BCUT2D eigenvalue weighted by Crippen LogP contribution is 2.43. The maximum Gasteiger partial charge on any atom is 0.252 e. The number of aryl methyl sites for hydroxylation is 1. The van der Waals surface area contributed by atoms with Crippen molar-refractivity contribution in [2.24, 2.45) is 0 Å². The van der Waals surface area contributed by atoms with Crippen LogP contribution in [0.5, 0.6) is 0 Å². The number of nitrogens with one attached hydrogen (secondary N) is 1. The average molecular weight is 695 g/mol. The van der Waals surface area contributed by atoms with E-state index in [2.05, 4.69) is 145 Å². The van der Waals surface area contributed by atoms with Crippen LogP contribution in [0.3, 0.4) is 0 Å². The number of anilines is 2. The van der Waals surface area contributed by atoms with Crippen LogP contribution in [0.4, 0.5) is 15.8 Å². The van der Waals surface area contributed by atoms with Crippen LogP contribution in [-0.2, 0) is 0 Å². The minimum atomic E-state index is -0.223. The Bertz CT molecular complexity index is 2620. The number of benzene rings is 6. The molecule has 0 saturated heterocycles. The highest BCUT2D eigenvalue weighted by atomic mass is 19.1. The van der Waals surface area contributed by atoms with Crippen molar-refractivity contribution in [2.75, 3.05) is 5.32 Å². The summed E-state index contributed by atoms with van der Waals surface area (Å²) in [6.07, 6.45) is 0. The fourth-order valence-corrected chi connectivity index (χ4v) is 8.92. The first kappa shape index (κ1) is 33.7. The van der Waals surface area contributed by atoms with Gasteiger partial charge in [0.1, 0.15) is 5.82 Å². The van der Waals surface area contributed by atoms with E-state index in [0.29, 0.717) is 23.7 Å². The Morgan fingerprint density at radius 1 is 0.566 bits per heavy atom. The van der Waals surface area contributed by atoms with Gasteiger partial charge in [0.25, 0.3) is 6.71 Å². The Morgan fingerprint density at radius 2 is 1.17 bits per heavy atom. The average Bonchev–Trinajstić information content (AvgIpc) is 3.47.